The van der Waals surface area contributed by atoms with Crippen LogP contribution in [0.1, 0.15) is 23.0 Å². The van der Waals surface area contributed by atoms with Crippen LogP contribution in [0.4, 0.5) is 22.9 Å². The Balaban J connectivity index is 1.61. The van der Waals surface area contributed by atoms with Crippen molar-refractivity contribution in [2.24, 2.45) is 4.99 Å². The number of non-ortho nitro benzene ring substituents is 1. The average Bonchev–Trinajstić information content (AvgIpc) is 3.19. The second-order valence-corrected chi connectivity index (χ2v) is 7.94. The van der Waals surface area contributed by atoms with Crippen LogP contribution in [0, 0.1) is 17.0 Å². The number of anilines is 2. The zero-order chi connectivity index (χ0) is 23.4. The lowest BCUT2D eigenvalue weighted by Gasteiger charge is -2.39. The Labute approximate surface area is 193 Å². The number of amidine groups is 1. The number of para-hydroxylation sites is 2. The van der Waals surface area contributed by atoms with Crippen LogP contribution < -0.4 is 10.2 Å². The summed E-state index contributed by atoms with van der Waals surface area (Å²) in [5, 5.41) is 18.7. The molecule has 2 aromatic heterocycles. The highest BCUT2D eigenvalue weighted by atomic mass is 16.6. The Morgan fingerprint density at radius 1 is 1.03 bits per heavy atom. The third kappa shape index (κ3) is 2.89. The van der Waals surface area contributed by atoms with E-state index >= 15 is 0 Å². The van der Waals surface area contributed by atoms with E-state index in [2.05, 4.69) is 10.3 Å². The molecule has 2 aromatic carbocycles. The summed E-state index contributed by atoms with van der Waals surface area (Å²) in [7, 11) is 0. The molecule has 2 aliphatic heterocycles. The molecular formula is C24H17N7O3. The number of carbonyl (C=O) groups excluding carboxylic acids is 1. The number of aliphatic imine (C=N–C) groups is 1. The second kappa shape index (κ2) is 7.34. The first-order valence-electron chi connectivity index (χ1n) is 10.6. The first kappa shape index (κ1) is 19.8. The van der Waals surface area contributed by atoms with Crippen LogP contribution in [-0.2, 0) is 4.79 Å². The largest absolute Gasteiger partial charge is 0.317 e. The van der Waals surface area contributed by atoms with Crippen molar-refractivity contribution in [3.8, 4) is 5.69 Å². The highest BCUT2D eigenvalue weighted by Gasteiger charge is 2.43. The number of carbonyl (C=O) groups is 1. The molecule has 1 N–H and O–H groups in total. The van der Waals surface area contributed by atoms with Gasteiger partial charge in [-0.3, -0.25) is 19.9 Å². The van der Waals surface area contributed by atoms with Crippen molar-refractivity contribution in [2.45, 2.75) is 13.0 Å². The maximum atomic E-state index is 13.1. The molecule has 166 valence electrons. The molecule has 0 saturated heterocycles. The number of amides is 1. The molecule has 1 atom stereocenters. The number of pyridine rings is 1. The van der Waals surface area contributed by atoms with E-state index in [0.29, 0.717) is 17.2 Å². The van der Waals surface area contributed by atoms with Crippen molar-refractivity contribution in [1.29, 1.82) is 0 Å². The summed E-state index contributed by atoms with van der Waals surface area (Å²) in [6, 6.07) is 18.8. The zero-order valence-electron chi connectivity index (χ0n) is 17.9. The van der Waals surface area contributed by atoms with E-state index in [0.717, 1.165) is 22.6 Å². The van der Waals surface area contributed by atoms with E-state index in [-0.39, 0.29) is 17.4 Å². The van der Waals surface area contributed by atoms with Crippen molar-refractivity contribution in [2.75, 3.05) is 10.2 Å². The summed E-state index contributed by atoms with van der Waals surface area (Å²) in [6.07, 6.45) is 1.71. The van der Waals surface area contributed by atoms with Gasteiger partial charge in [-0.15, -0.1) is 0 Å². The minimum Gasteiger partial charge on any atom is -0.317 e. The second-order valence-electron chi connectivity index (χ2n) is 7.94. The van der Waals surface area contributed by atoms with Gasteiger partial charge < -0.3 is 10.2 Å². The minimum atomic E-state index is -0.452. The molecular weight excluding hydrogens is 434 g/mol. The van der Waals surface area contributed by atoms with E-state index in [1.54, 1.807) is 23.0 Å². The molecule has 4 heterocycles. The number of benzene rings is 2. The van der Waals surface area contributed by atoms with Gasteiger partial charge in [-0.05, 0) is 43.3 Å². The summed E-state index contributed by atoms with van der Waals surface area (Å²) < 4.78 is 1.61. The number of nitrogens with one attached hydrogen (secondary N) is 1. The van der Waals surface area contributed by atoms with E-state index < -0.39 is 11.0 Å². The molecule has 1 amide bonds. The quantitative estimate of drug-likeness (QED) is 0.370. The molecule has 1 unspecified atom stereocenters. The van der Waals surface area contributed by atoms with Gasteiger partial charge in [0, 0.05) is 23.9 Å². The number of aryl methyl sites for hydroxylation is 1. The summed E-state index contributed by atoms with van der Waals surface area (Å²) in [5.41, 5.74) is 4.35. The molecule has 0 aliphatic carbocycles. The van der Waals surface area contributed by atoms with Crippen LogP contribution in [0.25, 0.3) is 5.69 Å². The third-order valence-corrected chi connectivity index (χ3v) is 5.94. The fourth-order valence-electron chi connectivity index (χ4n) is 4.45. The Kier molecular flexibility index (Phi) is 4.27. The zero-order valence-corrected chi connectivity index (χ0v) is 17.9. The molecule has 0 spiro atoms. The number of hydrogen-bond donors (Lipinski definition) is 1. The molecule has 0 radical (unpaired) electrons. The minimum absolute atomic E-state index is 0.0198. The molecule has 6 rings (SSSR count). The maximum absolute atomic E-state index is 13.1. The van der Waals surface area contributed by atoms with Crippen molar-refractivity contribution >= 4 is 34.6 Å². The van der Waals surface area contributed by atoms with Crippen molar-refractivity contribution in [1.82, 2.24) is 14.8 Å². The van der Waals surface area contributed by atoms with Gasteiger partial charge in [0.1, 0.15) is 6.04 Å². The van der Waals surface area contributed by atoms with Gasteiger partial charge in [0.25, 0.3) is 11.6 Å². The Morgan fingerprint density at radius 3 is 2.53 bits per heavy atom. The lowest BCUT2D eigenvalue weighted by Crippen LogP contribution is -2.48. The summed E-state index contributed by atoms with van der Waals surface area (Å²) in [5.74, 6) is 0.382. The number of nitrogens with zero attached hydrogens (tertiary/aromatic N) is 6. The summed E-state index contributed by atoms with van der Waals surface area (Å²) >= 11 is 0. The topological polar surface area (TPSA) is 119 Å². The molecule has 0 saturated carbocycles. The van der Waals surface area contributed by atoms with Crippen molar-refractivity contribution in [3.05, 3.63) is 100.0 Å². The smallest absolute Gasteiger partial charge is 0.291 e. The molecule has 10 nitrogen and oxygen atoms in total. The highest BCUT2D eigenvalue weighted by Crippen LogP contribution is 2.46. The van der Waals surface area contributed by atoms with Gasteiger partial charge in [0.05, 0.1) is 33.4 Å². The fraction of sp³-hybridized carbons (Fsp3) is 0.0833. The molecule has 0 fully saturated rings. The number of nitro groups is 1. The van der Waals surface area contributed by atoms with Crippen molar-refractivity contribution < 1.29 is 9.72 Å². The van der Waals surface area contributed by atoms with Crippen LogP contribution in [0.2, 0.25) is 0 Å². The van der Waals surface area contributed by atoms with Gasteiger partial charge in [-0.1, -0.05) is 18.2 Å². The Bertz CT molecular complexity index is 1490. The normalized spacial score (nSPS) is 16.1. The van der Waals surface area contributed by atoms with Gasteiger partial charge in [0.15, 0.2) is 5.82 Å². The molecule has 4 aromatic rings. The van der Waals surface area contributed by atoms with E-state index in [4.69, 9.17) is 10.1 Å². The number of fused-ring (bicyclic) bond motifs is 4. The first-order chi connectivity index (χ1) is 16.5. The van der Waals surface area contributed by atoms with Gasteiger partial charge in [-0.2, -0.15) is 5.10 Å². The SMILES string of the molecule is Cc1nn(-c2ccc([N+](=O)[O-])cc2)c2c1C(c1ccccn1)N1C(=N2)C(=O)Nc2ccccc21. The highest BCUT2D eigenvalue weighted by molar-refractivity contribution is 6.50. The Hall–Kier alpha value is -4.86. The van der Waals surface area contributed by atoms with E-state index in [1.165, 1.54) is 12.1 Å². The monoisotopic (exact) mass is 451 g/mol. The predicted molar refractivity (Wildman–Crippen MR) is 126 cm³/mol. The molecule has 34 heavy (non-hydrogen) atoms. The number of aromatic nitrogens is 3. The summed E-state index contributed by atoms with van der Waals surface area (Å²) in [6.45, 7) is 1.88. The molecule has 0 bridgehead atoms. The van der Waals surface area contributed by atoms with Gasteiger partial charge >= 0.3 is 0 Å². The van der Waals surface area contributed by atoms with Crippen LogP contribution >= 0.6 is 0 Å². The van der Waals surface area contributed by atoms with E-state index in [9.17, 15) is 14.9 Å². The standard InChI is InChI=1S/C24H17N7O3/c1-14-20-21(18-7-4-5-13-25-18)29-19-8-3-2-6-17(19)26-24(32)23(29)27-22(20)30(28-14)15-9-11-16(12-10-15)31(33)34/h2-13,21H,1H3,(H,26,32). The lowest BCUT2D eigenvalue weighted by atomic mass is 9.96. The average molecular weight is 451 g/mol. The maximum Gasteiger partial charge on any atom is 0.291 e. The number of rotatable bonds is 3. The lowest BCUT2D eigenvalue weighted by molar-refractivity contribution is -0.384. The van der Waals surface area contributed by atoms with Crippen LogP contribution in [0.5, 0.6) is 0 Å². The third-order valence-electron chi connectivity index (χ3n) is 5.94. The summed E-state index contributed by atoms with van der Waals surface area (Å²) in [4.78, 5) is 35.0. The first-order valence-corrected chi connectivity index (χ1v) is 10.6. The van der Waals surface area contributed by atoms with Crippen LogP contribution in [-0.4, -0.2) is 31.4 Å². The number of hydrogen-bond acceptors (Lipinski definition) is 7. The van der Waals surface area contributed by atoms with Gasteiger partial charge in [-0.25, -0.2) is 9.67 Å². The number of nitro benzene ring substituents is 1. The van der Waals surface area contributed by atoms with Crippen LogP contribution in [0.3, 0.4) is 0 Å². The molecule has 2 aliphatic rings. The Morgan fingerprint density at radius 2 is 1.79 bits per heavy atom. The van der Waals surface area contributed by atoms with Crippen molar-refractivity contribution in [3.63, 3.8) is 0 Å². The van der Waals surface area contributed by atoms with E-state index in [1.807, 2.05) is 54.3 Å². The predicted octanol–water partition coefficient (Wildman–Crippen LogP) is 4.08. The fourth-order valence-corrected chi connectivity index (χ4v) is 4.45. The molecule has 10 heteroatoms. The van der Waals surface area contributed by atoms with Gasteiger partial charge in [0.2, 0.25) is 5.84 Å². The van der Waals surface area contributed by atoms with Crippen LogP contribution in [0.15, 0.2) is 77.9 Å².